The summed E-state index contributed by atoms with van der Waals surface area (Å²) < 4.78 is 5.13. The Labute approximate surface area is 135 Å². The second kappa shape index (κ2) is 15.6. The number of hydrogen-bond donors (Lipinski definition) is 2. The molecule has 3 heteroatoms. The van der Waals surface area contributed by atoms with Crippen molar-refractivity contribution in [2.75, 3.05) is 0 Å². The Morgan fingerprint density at radius 2 is 1.36 bits per heavy atom. The van der Waals surface area contributed by atoms with Gasteiger partial charge < -0.3 is 14.6 Å². The molecule has 0 radical (unpaired) electrons. The standard InChI is InChI=1S/C8H10O.C7H10O2.2C2H6/c1-2-7-5-3-4-6-8(7)9;1-2-6-3-4-7(5-8)9-6;2*1-2/h3-6,9H,2H2,1H3;3-4,8H,2,5H2,1H3;2*1-2H3. The molecule has 2 N–H and O–H groups in total. The minimum Gasteiger partial charge on any atom is -0.508 e. The molecular formula is C19H32O3. The summed E-state index contributed by atoms with van der Waals surface area (Å²) >= 11 is 0. The van der Waals surface area contributed by atoms with Crippen molar-refractivity contribution in [3.05, 3.63) is 53.5 Å². The third kappa shape index (κ3) is 9.24. The molecule has 0 spiro atoms. The Morgan fingerprint density at radius 1 is 0.818 bits per heavy atom. The van der Waals surface area contributed by atoms with Gasteiger partial charge in [-0.1, -0.05) is 59.7 Å². The highest BCUT2D eigenvalue weighted by Crippen LogP contribution is 2.14. The summed E-state index contributed by atoms with van der Waals surface area (Å²) in [5, 5.41) is 17.7. The molecule has 0 aliphatic rings. The average Bonchev–Trinajstić information content (AvgIpc) is 3.08. The minimum absolute atomic E-state index is 0. The quantitative estimate of drug-likeness (QED) is 0.804. The Balaban J connectivity index is 0. The van der Waals surface area contributed by atoms with E-state index in [9.17, 15) is 0 Å². The summed E-state index contributed by atoms with van der Waals surface area (Å²) in [5.41, 5.74) is 1.01. The molecule has 126 valence electrons. The fraction of sp³-hybridized carbons (Fsp3) is 0.474. The number of furan rings is 1. The second-order valence-electron chi connectivity index (χ2n) is 3.86. The van der Waals surface area contributed by atoms with Gasteiger partial charge in [0.25, 0.3) is 0 Å². The molecule has 0 atom stereocenters. The molecule has 0 amide bonds. The third-order valence-electron chi connectivity index (χ3n) is 2.59. The lowest BCUT2D eigenvalue weighted by Crippen LogP contribution is -1.77. The normalized spacial score (nSPS) is 8.50. The summed E-state index contributed by atoms with van der Waals surface area (Å²) in [6.45, 7) is 12.0. The van der Waals surface area contributed by atoms with Crippen LogP contribution in [0.25, 0.3) is 0 Å². The maximum Gasteiger partial charge on any atom is 0.129 e. The van der Waals surface area contributed by atoms with Gasteiger partial charge in [-0.15, -0.1) is 0 Å². The van der Waals surface area contributed by atoms with Gasteiger partial charge in [0.2, 0.25) is 0 Å². The smallest absolute Gasteiger partial charge is 0.129 e. The molecule has 0 saturated heterocycles. The molecule has 0 unspecified atom stereocenters. The van der Waals surface area contributed by atoms with Gasteiger partial charge >= 0.3 is 0 Å². The largest absolute Gasteiger partial charge is 0.508 e. The van der Waals surface area contributed by atoms with Gasteiger partial charge in [0.15, 0.2) is 0 Å². The van der Waals surface area contributed by atoms with E-state index in [1.165, 1.54) is 0 Å². The van der Waals surface area contributed by atoms with E-state index in [-0.39, 0.29) is 6.61 Å². The van der Waals surface area contributed by atoms with Gasteiger partial charge in [-0.05, 0) is 30.2 Å². The summed E-state index contributed by atoms with van der Waals surface area (Å²) in [6, 6.07) is 11.1. The molecule has 2 rings (SSSR count). The molecule has 0 fully saturated rings. The molecule has 1 heterocycles. The topological polar surface area (TPSA) is 53.6 Å². The predicted molar refractivity (Wildman–Crippen MR) is 94.2 cm³/mol. The summed E-state index contributed by atoms with van der Waals surface area (Å²) in [5.74, 6) is 1.98. The number of phenols is 1. The summed E-state index contributed by atoms with van der Waals surface area (Å²) in [6.07, 6.45) is 1.78. The number of aromatic hydroxyl groups is 1. The Hall–Kier alpha value is -1.74. The lowest BCUT2D eigenvalue weighted by atomic mass is 10.1. The molecule has 3 nitrogen and oxygen atoms in total. The van der Waals surface area contributed by atoms with Crippen molar-refractivity contribution in [3.63, 3.8) is 0 Å². The predicted octanol–water partition coefficient (Wildman–Crippen LogP) is 5.34. The molecule has 1 aromatic heterocycles. The number of rotatable bonds is 3. The van der Waals surface area contributed by atoms with E-state index in [1.54, 1.807) is 12.1 Å². The van der Waals surface area contributed by atoms with Gasteiger partial charge in [-0.2, -0.15) is 0 Å². The van der Waals surface area contributed by atoms with E-state index in [2.05, 4.69) is 0 Å². The summed E-state index contributed by atoms with van der Waals surface area (Å²) in [4.78, 5) is 0. The van der Waals surface area contributed by atoms with Gasteiger partial charge in [0.05, 0.1) is 0 Å². The lowest BCUT2D eigenvalue weighted by molar-refractivity contribution is 0.244. The van der Waals surface area contributed by atoms with E-state index in [1.807, 2.05) is 65.8 Å². The lowest BCUT2D eigenvalue weighted by Gasteiger charge is -1.97. The SMILES string of the molecule is CC.CC.CCc1ccc(CO)o1.CCc1ccccc1O. The van der Waals surface area contributed by atoms with Crippen LogP contribution in [-0.4, -0.2) is 10.2 Å². The first-order chi connectivity index (χ1) is 10.7. The van der Waals surface area contributed by atoms with Crippen molar-refractivity contribution in [1.29, 1.82) is 0 Å². The van der Waals surface area contributed by atoms with Crippen molar-refractivity contribution < 1.29 is 14.6 Å². The van der Waals surface area contributed by atoms with Crippen molar-refractivity contribution in [2.45, 2.75) is 61.0 Å². The highest BCUT2D eigenvalue weighted by atomic mass is 16.4. The fourth-order valence-electron chi connectivity index (χ4n) is 1.51. The van der Waals surface area contributed by atoms with Crippen LogP contribution in [0.15, 0.2) is 40.8 Å². The number of hydrogen-bond acceptors (Lipinski definition) is 3. The van der Waals surface area contributed by atoms with Crippen LogP contribution in [0.5, 0.6) is 5.75 Å². The van der Waals surface area contributed by atoms with Gasteiger partial charge in [-0.25, -0.2) is 0 Å². The van der Waals surface area contributed by atoms with Crippen molar-refractivity contribution in [3.8, 4) is 5.75 Å². The molecule has 0 aliphatic carbocycles. The molecule has 22 heavy (non-hydrogen) atoms. The summed E-state index contributed by atoms with van der Waals surface area (Å²) in [7, 11) is 0. The average molecular weight is 308 g/mol. The Kier molecular flexibility index (Phi) is 16.0. The Bertz CT molecular complexity index is 443. The van der Waals surface area contributed by atoms with Crippen molar-refractivity contribution >= 4 is 0 Å². The Morgan fingerprint density at radius 3 is 1.68 bits per heavy atom. The number of para-hydroxylation sites is 1. The second-order valence-corrected chi connectivity index (χ2v) is 3.86. The highest BCUT2D eigenvalue weighted by molar-refractivity contribution is 5.31. The molecule has 0 saturated carbocycles. The maximum absolute atomic E-state index is 9.11. The maximum atomic E-state index is 9.11. The van der Waals surface area contributed by atoms with Crippen LogP contribution in [0.3, 0.4) is 0 Å². The van der Waals surface area contributed by atoms with Crippen molar-refractivity contribution in [2.24, 2.45) is 0 Å². The first-order valence-corrected chi connectivity index (χ1v) is 8.16. The van der Waals surface area contributed by atoms with Crippen LogP contribution in [0.1, 0.15) is 58.6 Å². The number of aliphatic hydroxyl groups is 1. The van der Waals surface area contributed by atoms with Gasteiger partial charge in [0, 0.05) is 6.42 Å². The van der Waals surface area contributed by atoms with Gasteiger partial charge in [0.1, 0.15) is 23.9 Å². The monoisotopic (exact) mass is 308 g/mol. The first-order valence-electron chi connectivity index (χ1n) is 8.16. The zero-order valence-electron chi connectivity index (χ0n) is 14.9. The van der Waals surface area contributed by atoms with E-state index in [4.69, 9.17) is 14.6 Å². The molecule has 0 bridgehead atoms. The number of aliphatic hydroxyl groups excluding tert-OH is 1. The number of benzene rings is 1. The molecule has 0 aliphatic heterocycles. The minimum atomic E-state index is 0. The van der Waals surface area contributed by atoms with E-state index >= 15 is 0 Å². The number of phenolic OH excluding ortho intramolecular Hbond substituents is 1. The van der Waals surface area contributed by atoms with Crippen LogP contribution < -0.4 is 0 Å². The van der Waals surface area contributed by atoms with E-state index in [0.29, 0.717) is 11.5 Å². The van der Waals surface area contributed by atoms with E-state index < -0.39 is 0 Å². The van der Waals surface area contributed by atoms with E-state index in [0.717, 1.165) is 24.2 Å². The zero-order valence-corrected chi connectivity index (χ0v) is 14.9. The van der Waals surface area contributed by atoms with Crippen LogP contribution in [0, 0.1) is 0 Å². The van der Waals surface area contributed by atoms with Crippen LogP contribution >= 0.6 is 0 Å². The highest BCUT2D eigenvalue weighted by Gasteiger charge is 1.95. The molecule has 1 aromatic carbocycles. The van der Waals surface area contributed by atoms with Crippen molar-refractivity contribution in [1.82, 2.24) is 0 Å². The van der Waals surface area contributed by atoms with Crippen LogP contribution in [0.2, 0.25) is 0 Å². The fourth-order valence-corrected chi connectivity index (χ4v) is 1.51. The molecular weight excluding hydrogens is 276 g/mol. The third-order valence-corrected chi connectivity index (χ3v) is 2.59. The van der Waals surface area contributed by atoms with Crippen LogP contribution in [-0.2, 0) is 19.4 Å². The number of aryl methyl sites for hydroxylation is 2. The molecule has 2 aromatic rings. The van der Waals surface area contributed by atoms with Crippen LogP contribution in [0.4, 0.5) is 0 Å². The zero-order chi connectivity index (χ0) is 17.4. The van der Waals surface area contributed by atoms with Gasteiger partial charge in [-0.3, -0.25) is 0 Å². The first kappa shape index (κ1) is 22.5.